The number of anilines is 2. The van der Waals surface area contributed by atoms with E-state index in [0.29, 0.717) is 29.7 Å². The topological polar surface area (TPSA) is 76.1 Å². The summed E-state index contributed by atoms with van der Waals surface area (Å²) in [5.74, 6) is 0.148. The number of nitrogens with zero attached hydrogens (tertiary/aromatic N) is 2. The molecule has 2 rings (SSSR count). The van der Waals surface area contributed by atoms with Crippen molar-refractivity contribution in [2.24, 2.45) is 0 Å². The first-order valence-corrected chi connectivity index (χ1v) is 7.19. The Labute approximate surface area is 137 Å². The molecule has 22 heavy (non-hydrogen) atoms. The number of aromatic nitrogens is 2. The fourth-order valence-corrected chi connectivity index (χ4v) is 1.96. The lowest BCUT2D eigenvalue weighted by Crippen LogP contribution is -2.16. The number of halogens is 2. The van der Waals surface area contributed by atoms with Crippen LogP contribution < -0.4 is 10.6 Å². The molecule has 0 saturated heterocycles. The van der Waals surface area contributed by atoms with Gasteiger partial charge < -0.3 is 15.4 Å². The molecule has 0 unspecified atom stereocenters. The van der Waals surface area contributed by atoms with Gasteiger partial charge in [-0.05, 0) is 24.3 Å². The zero-order chi connectivity index (χ0) is 15.9. The van der Waals surface area contributed by atoms with Gasteiger partial charge in [0.25, 0.3) is 5.91 Å². The molecular formula is C14H14Cl2N4O2. The molecule has 0 spiro atoms. The van der Waals surface area contributed by atoms with Crippen molar-refractivity contribution in [1.29, 1.82) is 0 Å². The van der Waals surface area contributed by atoms with Crippen molar-refractivity contribution in [3.8, 4) is 0 Å². The van der Waals surface area contributed by atoms with Crippen LogP contribution in [-0.2, 0) is 4.74 Å². The van der Waals surface area contributed by atoms with Gasteiger partial charge in [0, 0.05) is 13.7 Å². The van der Waals surface area contributed by atoms with Crippen LogP contribution in [0.15, 0.2) is 30.3 Å². The molecule has 1 amide bonds. The van der Waals surface area contributed by atoms with Crippen molar-refractivity contribution in [2.45, 2.75) is 0 Å². The zero-order valence-electron chi connectivity index (χ0n) is 11.8. The monoisotopic (exact) mass is 340 g/mol. The standard InChI is InChI=1S/C14H14Cl2N4O2/c1-22-8-7-17-12-6-5-11(19-20-12)14(21)18-10-4-2-3-9(15)13(10)16/h2-6H,7-8H2,1H3,(H,17,20)(H,18,21). The number of nitrogens with one attached hydrogen (secondary N) is 2. The Kier molecular flexibility index (Phi) is 5.94. The Morgan fingerprint density at radius 2 is 2.05 bits per heavy atom. The number of carbonyl (C=O) groups is 1. The van der Waals surface area contributed by atoms with E-state index in [-0.39, 0.29) is 10.7 Å². The molecule has 0 atom stereocenters. The Bertz CT molecular complexity index is 650. The normalized spacial score (nSPS) is 10.3. The van der Waals surface area contributed by atoms with Crippen LogP contribution in [0.2, 0.25) is 10.0 Å². The predicted molar refractivity (Wildman–Crippen MR) is 86.8 cm³/mol. The number of amides is 1. The van der Waals surface area contributed by atoms with Crippen LogP contribution in [0.3, 0.4) is 0 Å². The Morgan fingerprint density at radius 1 is 1.23 bits per heavy atom. The zero-order valence-corrected chi connectivity index (χ0v) is 13.3. The van der Waals surface area contributed by atoms with Gasteiger partial charge in [-0.25, -0.2) is 0 Å². The molecule has 0 aliphatic rings. The minimum atomic E-state index is -0.417. The predicted octanol–water partition coefficient (Wildman–Crippen LogP) is 3.09. The van der Waals surface area contributed by atoms with Gasteiger partial charge in [-0.1, -0.05) is 29.3 Å². The van der Waals surface area contributed by atoms with Crippen LogP contribution in [0.5, 0.6) is 0 Å². The van der Waals surface area contributed by atoms with Crippen molar-refractivity contribution in [3.63, 3.8) is 0 Å². The molecule has 6 nitrogen and oxygen atoms in total. The van der Waals surface area contributed by atoms with Gasteiger partial charge in [0.15, 0.2) is 5.69 Å². The Balaban J connectivity index is 2.02. The summed E-state index contributed by atoms with van der Waals surface area (Å²) in [6.45, 7) is 1.16. The van der Waals surface area contributed by atoms with Crippen molar-refractivity contribution in [3.05, 3.63) is 46.1 Å². The quantitative estimate of drug-likeness (QED) is 0.790. The average molecular weight is 341 g/mol. The van der Waals surface area contributed by atoms with Crippen molar-refractivity contribution in [2.75, 3.05) is 30.9 Å². The fourth-order valence-electron chi connectivity index (χ4n) is 1.62. The van der Waals surface area contributed by atoms with E-state index in [9.17, 15) is 4.79 Å². The Morgan fingerprint density at radius 3 is 2.73 bits per heavy atom. The van der Waals surface area contributed by atoms with Gasteiger partial charge in [0.05, 0.1) is 22.3 Å². The highest BCUT2D eigenvalue weighted by molar-refractivity contribution is 6.44. The Hall–Kier alpha value is -1.89. The van der Waals surface area contributed by atoms with E-state index in [0.717, 1.165) is 0 Å². The second-order valence-corrected chi connectivity index (χ2v) is 5.06. The van der Waals surface area contributed by atoms with E-state index in [1.807, 2.05) is 0 Å². The summed E-state index contributed by atoms with van der Waals surface area (Å²) in [5.41, 5.74) is 0.594. The minimum Gasteiger partial charge on any atom is -0.383 e. The second-order valence-electron chi connectivity index (χ2n) is 4.28. The highest BCUT2D eigenvalue weighted by Crippen LogP contribution is 2.29. The summed E-state index contributed by atoms with van der Waals surface area (Å²) in [7, 11) is 1.61. The van der Waals surface area contributed by atoms with Crippen LogP contribution >= 0.6 is 23.2 Å². The lowest BCUT2D eigenvalue weighted by atomic mass is 10.3. The van der Waals surface area contributed by atoms with Crippen LogP contribution in [0.4, 0.5) is 11.5 Å². The largest absolute Gasteiger partial charge is 0.383 e. The molecule has 0 aliphatic heterocycles. The van der Waals surface area contributed by atoms with E-state index < -0.39 is 5.91 Å². The molecule has 2 N–H and O–H groups in total. The van der Waals surface area contributed by atoms with E-state index in [1.165, 1.54) is 0 Å². The molecule has 0 aliphatic carbocycles. The lowest BCUT2D eigenvalue weighted by molar-refractivity contribution is 0.102. The number of benzene rings is 1. The molecule has 8 heteroatoms. The average Bonchev–Trinajstić information content (AvgIpc) is 2.53. The van der Waals surface area contributed by atoms with Gasteiger partial charge in [0.1, 0.15) is 5.82 Å². The third-order valence-corrected chi connectivity index (χ3v) is 3.53. The number of hydrogen-bond acceptors (Lipinski definition) is 5. The van der Waals surface area contributed by atoms with Crippen molar-refractivity contribution >= 4 is 40.6 Å². The van der Waals surface area contributed by atoms with Crippen LogP contribution in [0.25, 0.3) is 0 Å². The maximum absolute atomic E-state index is 12.1. The van der Waals surface area contributed by atoms with E-state index in [4.69, 9.17) is 27.9 Å². The number of rotatable bonds is 6. The lowest BCUT2D eigenvalue weighted by Gasteiger charge is -2.08. The summed E-state index contributed by atoms with van der Waals surface area (Å²) >= 11 is 11.9. The molecule has 116 valence electrons. The molecule has 0 saturated carbocycles. The van der Waals surface area contributed by atoms with E-state index >= 15 is 0 Å². The van der Waals surface area contributed by atoms with E-state index in [1.54, 1.807) is 37.4 Å². The van der Waals surface area contributed by atoms with Gasteiger partial charge >= 0.3 is 0 Å². The summed E-state index contributed by atoms with van der Waals surface area (Å²) in [4.78, 5) is 12.1. The molecule has 1 heterocycles. The van der Waals surface area contributed by atoms with Crippen LogP contribution in [0.1, 0.15) is 10.5 Å². The maximum atomic E-state index is 12.1. The molecule has 0 fully saturated rings. The number of carbonyl (C=O) groups excluding carboxylic acids is 1. The van der Waals surface area contributed by atoms with Gasteiger partial charge in [-0.2, -0.15) is 0 Å². The van der Waals surface area contributed by atoms with Crippen LogP contribution in [-0.4, -0.2) is 36.4 Å². The first-order chi connectivity index (χ1) is 10.6. The number of hydrogen-bond donors (Lipinski definition) is 2. The number of ether oxygens (including phenoxy) is 1. The second kappa shape index (κ2) is 7.93. The first kappa shape index (κ1) is 16.5. The van der Waals surface area contributed by atoms with Crippen LogP contribution in [0, 0.1) is 0 Å². The SMILES string of the molecule is COCCNc1ccc(C(=O)Nc2cccc(Cl)c2Cl)nn1. The summed E-state index contributed by atoms with van der Waals surface area (Å²) in [6, 6.07) is 8.21. The van der Waals surface area contributed by atoms with Gasteiger partial charge in [0.2, 0.25) is 0 Å². The third-order valence-electron chi connectivity index (χ3n) is 2.71. The highest BCUT2D eigenvalue weighted by atomic mass is 35.5. The maximum Gasteiger partial charge on any atom is 0.276 e. The molecule has 1 aromatic heterocycles. The van der Waals surface area contributed by atoms with Gasteiger partial charge in [-0.3, -0.25) is 4.79 Å². The summed E-state index contributed by atoms with van der Waals surface area (Å²) in [5, 5.41) is 14.1. The third kappa shape index (κ3) is 4.30. The summed E-state index contributed by atoms with van der Waals surface area (Å²) in [6.07, 6.45) is 0. The van der Waals surface area contributed by atoms with E-state index in [2.05, 4.69) is 20.8 Å². The van der Waals surface area contributed by atoms with Crippen molar-refractivity contribution < 1.29 is 9.53 Å². The van der Waals surface area contributed by atoms with Crippen molar-refractivity contribution in [1.82, 2.24) is 10.2 Å². The number of methoxy groups -OCH3 is 1. The molecule has 1 aromatic carbocycles. The molecule has 0 radical (unpaired) electrons. The molecule has 2 aromatic rings. The fraction of sp³-hybridized carbons (Fsp3) is 0.214. The summed E-state index contributed by atoms with van der Waals surface area (Å²) < 4.78 is 4.91. The first-order valence-electron chi connectivity index (χ1n) is 6.43. The molecular weight excluding hydrogens is 327 g/mol. The van der Waals surface area contributed by atoms with Gasteiger partial charge in [-0.15, -0.1) is 10.2 Å². The minimum absolute atomic E-state index is 0.174. The smallest absolute Gasteiger partial charge is 0.276 e. The highest BCUT2D eigenvalue weighted by Gasteiger charge is 2.12. The molecule has 0 bridgehead atoms.